The van der Waals surface area contributed by atoms with Crippen LogP contribution in [0.25, 0.3) is 11.3 Å². The number of sulfonamides is 1. The average Bonchev–Trinajstić information content (AvgIpc) is 2.99. The monoisotopic (exact) mass is 361 g/mol. The Morgan fingerprint density at radius 3 is 2.68 bits per heavy atom. The zero-order chi connectivity index (χ0) is 18.0. The summed E-state index contributed by atoms with van der Waals surface area (Å²) in [4.78, 5) is 3.91. The summed E-state index contributed by atoms with van der Waals surface area (Å²) < 4.78 is 41.6. The summed E-state index contributed by atoms with van der Waals surface area (Å²) in [6.07, 6.45) is 0.991. The molecule has 1 saturated carbocycles. The zero-order valence-corrected chi connectivity index (χ0v) is 14.0. The van der Waals surface area contributed by atoms with Crippen molar-refractivity contribution >= 4 is 10.0 Å². The van der Waals surface area contributed by atoms with E-state index < -0.39 is 27.6 Å². The normalized spacial score (nSPS) is 20.4. The Morgan fingerprint density at radius 1 is 1.24 bits per heavy atom. The lowest BCUT2D eigenvalue weighted by molar-refractivity contribution is 0.181. The molecule has 2 aromatic rings. The first-order chi connectivity index (χ1) is 11.9. The molecular formula is C17H16FN3O3S. The van der Waals surface area contributed by atoms with E-state index in [1.807, 2.05) is 0 Å². The molecule has 6 nitrogen and oxygen atoms in total. The number of hydrogen-bond acceptors (Lipinski definition) is 5. The molecule has 3 rings (SSSR count). The lowest BCUT2D eigenvalue weighted by atomic mass is 10.1. The molecule has 0 spiro atoms. The number of aromatic nitrogens is 1. The smallest absolute Gasteiger partial charge is 0.241 e. The first-order valence-electron chi connectivity index (χ1n) is 7.77. The second kappa shape index (κ2) is 6.88. The molecule has 1 aliphatic rings. The van der Waals surface area contributed by atoms with Gasteiger partial charge in [-0.2, -0.15) is 5.26 Å². The van der Waals surface area contributed by atoms with Crippen molar-refractivity contribution in [2.24, 2.45) is 0 Å². The highest BCUT2D eigenvalue weighted by molar-refractivity contribution is 7.89. The van der Waals surface area contributed by atoms with Crippen molar-refractivity contribution in [2.75, 3.05) is 0 Å². The lowest BCUT2D eigenvalue weighted by Gasteiger charge is -2.15. The minimum absolute atomic E-state index is 0.000567. The maximum Gasteiger partial charge on any atom is 0.241 e. The van der Waals surface area contributed by atoms with Crippen molar-refractivity contribution in [3.63, 3.8) is 0 Å². The second-order valence-corrected chi connectivity index (χ2v) is 7.60. The van der Waals surface area contributed by atoms with Gasteiger partial charge < -0.3 is 5.11 Å². The van der Waals surface area contributed by atoms with Crippen molar-refractivity contribution in [3.8, 4) is 17.3 Å². The van der Waals surface area contributed by atoms with Gasteiger partial charge in [-0.05, 0) is 37.5 Å². The van der Waals surface area contributed by atoms with E-state index in [-0.39, 0.29) is 22.2 Å². The van der Waals surface area contributed by atoms with Crippen LogP contribution >= 0.6 is 0 Å². The van der Waals surface area contributed by atoms with Crippen molar-refractivity contribution in [1.82, 2.24) is 9.71 Å². The molecule has 0 unspecified atom stereocenters. The largest absolute Gasteiger partial charge is 0.393 e. The number of aliphatic hydroxyl groups excluding tert-OH is 1. The minimum atomic E-state index is -3.85. The highest BCUT2D eigenvalue weighted by Crippen LogP contribution is 2.28. The highest BCUT2D eigenvalue weighted by atomic mass is 32.2. The van der Waals surface area contributed by atoms with Crippen LogP contribution in [-0.4, -0.2) is 30.7 Å². The Bertz CT molecular complexity index is 940. The summed E-state index contributed by atoms with van der Waals surface area (Å²) in [6, 6.07) is 9.95. The number of aliphatic hydroxyl groups is 1. The number of nitrogens with one attached hydrogen (secondary N) is 1. The highest BCUT2D eigenvalue weighted by Gasteiger charge is 2.29. The molecule has 25 heavy (non-hydrogen) atoms. The molecule has 8 heteroatoms. The van der Waals surface area contributed by atoms with Gasteiger partial charge in [0.05, 0.1) is 16.7 Å². The minimum Gasteiger partial charge on any atom is -0.393 e. The van der Waals surface area contributed by atoms with Crippen LogP contribution in [0.1, 0.15) is 25.0 Å². The fourth-order valence-electron chi connectivity index (χ4n) is 2.93. The molecule has 1 aliphatic carbocycles. The Morgan fingerprint density at radius 2 is 2.00 bits per heavy atom. The van der Waals surface area contributed by atoms with Gasteiger partial charge in [0.1, 0.15) is 6.07 Å². The first-order valence-corrected chi connectivity index (χ1v) is 9.25. The van der Waals surface area contributed by atoms with Crippen LogP contribution in [-0.2, 0) is 10.0 Å². The van der Waals surface area contributed by atoms with E-state index >= 15 is 0 Å². The maximum atomic E-state index is 13.5. The van der Waals surface area contributed by atoms with Gasteiger partial charge in [0.2, 0.25) is 10.0 Å². The molecule has 0 bridgehead atoms. The van der Waals surface area contributed by atoms with Crippen molar-refractivity contribution in [3.05, 3.63) is 47.9 Å². The summed E-state index contributed by atoms with van der Waals surface area (Å²) in [5.41, 5.74) is 0.0898. The molecule has 1 fully saturated rings. The first kappa shape index (κ1) is 17.5. The third-order valence-electron chi connectivity index (χ3n) is 4.13. The van der Waals surface area contributed by atoms with E-state index in [9.17, 15) is 17.9 Å². The summed E-state index contributed by atoms with van der Waals surface area (Å²) in [5.74, 6) is -0.760. The van der Waals surface area contributed by atoms with Gasteiger partial charge in [-0.25, -0.2) is 22.5 Å². The molecule has 1 aromatic carbocycles. The van der Waals surface area contributed by atoms with Gasteiger partial charge in [-0.15, -0.1) is 0 Å². The Kier molecular flexibility index (Phi) is 4.81. The van der Waals surface area contributed by atoms with E-state index in [0.717, 1.165) is 6.07 Å². The van der Waals surface area contributed by atoms with Crippen molar-refractivity contribution < 1.29 is 17.9 Å². The number of rotatable bonds is 4. The molecule has 1 aromatic heterocycles. The SMILES string of the molecule is N#Cc1nc(-c2ccccc2S(=O)(=O)N[C@@H]2CC[C@H](O)C2)ccc1F. The Hall–Kier alpha value is -2.34. The van der Waals surface area contributed by atoms with Gasteiger partial charge in [0.15, 0.2) is 11.5 Å². The molecule has 0 amide bonds. The van der Waals surface area contributed by atoms with E-state index in [2.05, 4.69) is 9.71 Å². The quantitative estimate of drug-likeness (QED) is 0.866. The molecule has 1 heterocycles. The summed E-state index contributed by atoms with van der Waals surface area (Å²) in [6.45, 7) is 0. The van der Waals surface area contributed by atoms with Crippen LogP contribution in [0.3, 0.4) is 0 Å². The van der Waals surface area contributed by atoms with Crippen molar-refractivity contribution in [2.45, 2.75) is 36.3 Å². The Balaban J connectivity index is 2.00. The fraction of sp³-hybridized carbons (Fsp3) is 0.294. The van der Waals surface area contributed by atoms with Gasteiger partial charge in [0, 0.05) is 11.6 Å². The molecule has 130 valence electrons. The van der Waals surface area contributed by atoms with Crippen LogP contribution in [0.4, 0.5) is 4.39 Å². The molecule has 0 radical (unpaired) electrons. The molecule has 2 atom stereocenters. The standard InChI is InChI=1S/C17H16FN3O3S/c18-14-7-8-15(20-16(14)10-19)13-3-1-2-4-17(13)25(23,24)21-11-5-6-12(22)9-11/h1-4,7-8,11-12,21-22H,5-6,9H2/t11-,12+/m1/s1. The van der Waals surface area contributed by atoms with Gasteiger partial charge in [-0.3, -0.25) is 0 Å². The molecule has 2 N–H and O–H groups in total. The van der Waals surface area contributed by atoms with E-state index in [4.69, 9.17) is 5.26 Å². The predicted molar refractivity (Wildman–Crippen MR) is 88.3 cm³/mol. The summed E-state index contributed by atoms with van der Waals surface area (Å²) in [7, 11) is -3.85. The lowest BCUT2D eigenvalue weighted by Crippen LogP contribution is -2.33. The van der Waals surface area contributed by atoms with Gasteiger partial charge in [0.25, 0.3) is 0 Å². The van der Waals surface area contributed by atoms with E-state index in [0.29, 0.717) is 19.3 Å². The van der Waals surface area contributed by atoms with Crippen LogP contribution in [0.2, 0.25) is 0 Å². The Labute approximate surface area is 145 Å². The van der Waals surface area contributed by atoms with Gasteiger partial charge in [-0.1, -0.05) is 18.2 Å². The van der Waals surface area contributed by atoms with Gasteiger partial charge >= 0.3 is 0 Å². The fourth-order valence-corrected chi connectivity index (χ4v) is 4.43. The number of nitriles is 1. The third kappa shape index (κ3) is 3.69. The number of pyridine rings is 1. The van der Waals surface area contributed by atoms with Crippen molar-refractivity contribution in [1.29, 1.82) is 5.26 Å². The number of nitrogens with zero attached hydrogens (tertiary/aromatic N) is 2. The molecule has 0 saturated heterocycles. The van der Waals surface area contributed by atoms with Crippen LogP contribution in [0.15, 0.2) is 41.3 Å². The summed E-state index contributed by atoms with van der Waals surface area (Å²) in [5, 5.41) is 18.5. The number of benzene rings is 1. The zero-order valence-electron chi connectivity index (χ0n) is 13.2. The van der Waals surface area contributed by atoms with Crippen LogP contribution < -0.4 is 4.72 Å². The summed E-state index contributed by atoms with van der Waals surface area (Å²) >= 11 is 0. The number of hydrogen-bond donors (Lipinski definition) is 2. The van der Waals surface area contributed by atoms with Crippen LogP contribution in [0, 0.1) is 17.1 Å². The predicted octanol–water partition coefficient (Wildman–Crippen LogP) is 1.95. The van der Waals surface area contributed by atoms with E-state index in [1.54, 1.807) is 24.3 Å². The molecule has 0 aliphatic heterocycles. The maximum absolute atomic E-state index is 13.5. The average molecular weight is 361 g/mol. The second-order valence-electron chi connectivity index (χ2n) is 5.92. The number of halogens is 1. The van der Waals surface area contributed by atoms with E-state index in [1.165, 1.54) is 12.1 Å². The van der Waals surface area contributed by atoms with Crippen LogP contribution in [0.5, 0.6) is 0 Å². The topological polar surface area (TPSA) is 103 Å². The third-order valence-corrected chi connectivity index (χ3v) is 5.71. The molecular weight excluding hydrogens is 345 g/mol.